The van der Waals surface area contributed by atoms with E-state index in [1.54, 1.807) is 16.8 Å². The monoisotopic (exact) mass is 359 g/mol. The quantitative estimate of drug-likeness (QED) is 0.908. The van der Waals surface area contributed by atoms with E-state index in [0.717, 1.165) is 18.5 Å². The summed E-state index contributed by atoms with van der Waals surface area (Å²) in [6, 6.07) is 7.75. The summed E-state index contributed by atoms with van der Waals surface area (Å²) in [6.07, 6.45) is 3.35. The van der Waals surface area contributed by atoms with Crippen LogP contribution in [0, 0.1) is 11.3 Å². The van der Waals surface area contributed by atoms with E-state index >= 15 is 0 Å². The van der Waals surface area contributed by atoms with Gasteiger partial charge in [-0.3, -0.25) is 4.90 Å². The summed E-state index contributed by atoms with van der Waals surface area (Å²) in [6.45, 7) is 5.99. The first-order valence-corrected chi connectivity index (χ1v) is 8.84. The summed E-state index contributed by atoms with van der Waals surface area (Å²) >= 11 is 5.97. The third-order valence-corrected chi connectivity index (χ3v) is 4.89. The van der Waals surface area contributed by atoms with Gasteiger partial charge in [-0.25, -0.2) is 4.68 Å². The van der Waals surface area contributed by atoms with Crippen molar-refractivity contribution >= 4 is 11.6 Å². The van der Waals surface area contributed by atoms with Gasteiger partial charge in [0, 0.05) is 24.2 Å². The summed E-state index contributed by atoms with van der Waals surface area (Å²) < 4.78 is 1.76. The first-order chi connectivity index (χ1) is 11.9. The predicted octanol–water partition coefficient (Wildman–Crippen LogP) is 2.87. The Labute approximate surface area is 152 Å². The van der Waals surface area contributed by atoms with Crippen molar-refractivity contribution in [3.8, 4) is 6.07 Å². The molecular weight excluding hydrogens is 338 g/mol. The van der Waals surface area contributed by atoms with E-state index in [1.165, 1.54) is 0 Å². The molecule has 6 nitrogen and oxygen atoms in total. The van der Waals surface area contributed by atoms with E-state index in [-0.39, 0.29) is 6.04 Å². The van der Waals surface area contributed by atoms with Crippen LogP contribution in [-0.2, 0) is 12.1 Å². The summed E-state index contributed by atoms with van der Waals surface area (Å²) in [4.78, 5) is 2.15. The number of aliphatic hydroxyl groups is 1. The van der Waals surface area contributed by atoms with Crippen LogP contribution >= 0.6 is 11.6 Å². The van der Waals surface area contributed by atoms with Gasteiger partial charge in [-0.05, 0) is 50.9 Å². The average molecular weight is 360 g/mol. The van der Waals surface area contributed by atoms with Crippen LogP contribution in [-0.4, -0.2) is 38.1 Å². The molecule has 0 aliphatic carbocycles. The van der Waals surface area contributed by atoms with Gasteiger partial charge in [0.25, 0.3) is 0 Å². The lowest BCUT2D eigenvalue weighted by molar-refractivity contribution is -0.0414. The van der Waals surface area contributed by atoms with Gasteiger partial charge < -0.3 is 5.11 Å². The van der Waals surface area contributed by atoms with E-state index in [1.807, 2.05) is 26.1 Å². The van der Waals surface area contributed by atoms with Crippen molar-refractivity contribution in [2.45, 2.75) is 44.9 Å². The first kappa shape index (κ1) is 17.9. The number of hydrogen-bond acceptors (Lipinski definition) is 5. The highest BCUT2D eigenvalue weighted by atomic mass is 35.5. The van der Waals surface area contributed by atoms with E-state index in [4.69, 9.17) is 11.6 Å². The molecule has 0 spiro atoms. The van der Waals surface area contributed by atoms with E-state index in [0.29, 0.717) is 35.8 Å². The summed E-state index contributed by atoms with van der Waals surface area (Å²) in [7, 11) is 0. The third-order valence-electron chi connectivity index (χ3n) is 4.65. The van der Waals surface area contributed by atoms with Crippen molar-refractivity contribution in [2.75, 3.05) is 13.1 Å². The normalized spacial score (nSPS) is 21.4. The molecule has 2 heterocycles. The van der Waals surface area contributed by atoms with E-state index in [2.05, 4.69) is 21.3 Å². The van der Waals surface area contributed by atoms with Crippen LogP contribution in [0.15, 0.2) is 24.4 Å². The van der Waals surface area contributed by atoms with Gasteiger partial charge in [0.2, 0.25) is 0 Å². The number of benzene rings is 1. The van der Waals surface area contributed by atoms with Gasteiger partial charge in [-0.1, -0.05) is 22.9 Å². The number of halogens is 1. The zero-order chi connectivity index (χ0) is 18.0. The maximum atomic E-state index is 11.1. The van der Waals surface area contributed by atoms with Crippen molar-refractivity contribution in [3.05, 3.63) is 46.2 Å². The van der Waals surface area contributed by atoms with Gasteiger partial charge in [-0.2, -0.15) is 5.26 Å². The molecule has 0 saturated carbocycles. The van der Waals surface area contributed by atoms with Crippen molar-refractivity contribution in [3.63, 3.8) is 0 Å². The Morgan fingerprint density at radius 3 is 2.92 bits per heavy atom. The van der Waals surface area contributed by atoms with E-state index in [9.17, 15) is 10.4 Å². The van der Waals surface area contributed by atoms with Crippen LogP contribution in [0.4, 0.5) is 0 Å². The SMILES string of the molecule is CC(C)n1cc([C@]2(O)CCCN(Cc3ccc(Cl)cc3C#N)C2)nn1. The zero-order valence-electron chi connectivity index (χ0n) is 14.5. The van der Waals surface area contributed by atoms with Crippen molar-refractivity contribution in [2.24, 2.45) is 0 Å². The Morgan fingerprint density at radius 2 is 2.24 bits per heavy atom. The Hall–Kier alpha value is -1.94. The Morgan fingerprint density at radius 1 is 1.44 bits per heavy atom. The molecule has 25 heavy (non-hydrogen) atoms. The van der Waals surface area contributed by atoms with Crippen molar-refractivity contribution < 1.29 is 5.11 Å². The van der Waals surface area contributed by atoms with Gasteiger partial charge in [0.05, 0.1) is 17.8 Å². The van der Waals surface area contributed by atoms with Gasteiger partial charge in [0.15, 0.2) is 0 Å². The lowest BCUT2D eigenvalue weighted by Gasteiger charge is -2.38. The predicted molar refractivity (Wildman–Crippen MR) is 95.0 cm³/mol. The van der Waals surface area contributed by atoms with Crippen LogP contribution in [0.5, 0.6) is 0 Å². The lowest BCUT2D eigenvalue weighted by Crippen LogP contribution is -2.46. The summed E-state index contributed by atoms with van der Waals surface area (Å²) in [5, 5.41) is 29.3. The first-order valence-electron chi connectivity index (χ1n) is 8.47. The second kappa shape index (κ2) is 7.12. The molecule has 132 valence electrons. The Kier molecular flexibility index (Phi) is 5.09. The fourth-order valence-electron chi connectivity index (χ4n) is 3.24. The number of rotatable bonds is 4. The molecule has 0 bridgehead atoms. The largest absolute Gasteiger partial charge is 0.382 e. The highest BCUT2D eigenvalue weighted by molar-refractivity contribution is 6.30. The molecule has 0 amide bonds. The van der Waals surface area contributed by atoms with Crippen molar-refractivity contribution in [1.29, 1.82) is 5.26 Å². The smallest absolute Gasteiger partial charge is 0.123 e. The van der Waals surface area contributed by atoms with E-state index < -0.39 is 5.60 Å². The minimum absolute atomic E-state index is 0.205. The number of β-amino-alcohol motifs (C(OH)–C–C–N with tert-alkyl or cyclic N) is 1. The number of aromatic nitrogens is 3. The fraction of sp³-hybridized carbons (Fsp3) is 0.500. The second-order valence-corrected chi connectivity index (χ2v) is 7.37. The summed E-state index contributed by atoms with van der Waals surface area (Å²) in [5.41, 5.74) is 1.10. The second-order valence-electron chi connectivity index (χ2n) is 6.94. The molecule has 1 fully saturated rings. The topological polar surface area (TPSA) is 78.0 Å². The zero-order valence-corrected chi connectivity index (χ0v) is 15.2. The molecule has 1 aliphatic rings. The maximum absolute atomic E-state index is 11.1. The molecular formula is C18H22ClN5O. The molecule has 2 aromatic rings. The number of nitrogens with zero attached hydrogens (tertiary/aromatic N) is 5. The summed E-state index contributed by atoms with van der Waals surface area (Å²) in [5.74, 6) is 0. The Bertz CT molecular complexity index is 797. The number of piperidine rings is 1. The third kappa shape index (κ3) is 3.84. The minimum atomic E-state index is -1.01. The molecule has 1 atom stereocenters. The van der Waals surface area contributed by atoms with Gasteiger partial charge in [-0.15, -0.1) is 5.10 Å². The molecule has 7 heteroatoms. The molecule has 0 radical (unpaired) electrons. The molecule has 1 N–H and O–H groups in total. The van der Waals surface area contributed by atoms with Crippen LogP contribution in [0.1, 0.15) is 49.6 Å². The van der Waals surface area contributed by atoms with Crippen LogP contribution in [0.25, 0.3) is 0 Å². The Balaban J connectivity index is 1.78. The van der Waals surface area contributed by atoms with Gasteiger partial charge in [0.1, 0.15) is 11.3 Å². The maximum Gasteiger partial charge on any atom is 0.123 e. The molecule has 1 aromatic carbocycles. The molecule has 0 unspecified atom stereocenters. The number of nitriles is 1. The molecule has 1 saturated heterocycles. The minimum Gasteiger partial charge on any atom is -0.382 e. The average Bonchev–Trinajstić information content (AvgIpc) is 3.08. The number of hydrogen-bond donors (Lipinski definition) is 1. The standard InChI is InChI=1S/C18H22ClN5O/c1-13(2)24-11-17(21-22-24)18(25)6-3-7-23(12-18)10-14-4-5-16(19)8-15(14)9-20/h4-5,8,11,13,25H,3,6-7,10,12H2,1-2H3/t18-/m0/s1. The molecule has 1 aromatic heterocycles. The number of likely N-dealkylation sites (tertiary alicyclic amines) is 1. The highest BCUT2D eigenvalue weighted by Gasteiger charge is 2.37. The lowest BCUT2D eigenvalue weighted by atomic mass is 9.89. The van der Waals surface area contributed by atoms with Crippen LogP contribution < -0.4 is 0 Å². The van der Waals surface area contributed by atoms with Crippen LogP contribution in [0.3, 0.4) is 0 Å². The molecule has 1 aliphatic heterocycles. The van der Waals surface area contributed by atoms with Crippen LogP contribution in [0.2, 0.25) is 5.02 Å². The van der Waals surface area contributed by atoms with Crippen molar-refractivity contribution in [1.82, 2.24) is 19.9 Å². The van der Waals surface area contributed by atoms with Gasteiger partial charge >= 0.3 is 0 Å². The highest BCUT2D eigenvalue weighted by Crippen LogP contribution is 2.31. The fourth-order valence-corrected chi connectivity index (χ4v) is 3.41. The molecule has 3 rings (SSSR count).